The number of aliphatic hydroxyl groups excluding tert-OH is 1. The Hall–Kier alpha value is -1.03. The fourth-order valence-electron chi connectivity index (χ4n) is 2.02. The van der Waals surface area contributed by atoms with E-state index in [4.69, 9.17) is 11.6 Å². The first-order valence-electron chi connectivity index (χ1n) is 6.36. The summed E-state index contributed by atoms with van der Waals surface area (Å²) in [6.07, 6.45) is -0.0585. The average molecular weight is 355 g/mol. The quantitative estimate of drug-likeness (QED) is 0.877. The van der Waals surface area contributed by atoms with E-state index < -0.39 is 6.10 Å². The molecule has 0 bridgehead atoms. The number of rotatable bonds is 4. The van der Waals surface area contributed by atoms with Crippen LogP contribution in [0.3, 0.4) is 0 Å². The Morgan fingerprint density at radius 3 is 2.60 bits per heavy atom. The van der Waals surface area contributed by atoms with Gasteiger partial charge >= 0.3 is 0 Å². The Bertz CT molecular complexity index is 601. The highest BCUT2D eigenvalue weighted by atomic mass is 79.9. The SMILES string of the molecule is CN(C)c1cccc(C(O)Cc2ccc(Br)cc2Cl)c1. The smallest absolute Gasteiger partial charge is 0.0831 e. The molecule has 20 heavy (non-hydrogen) atoms. The van der Waals surface area contributed by atoms with Gasteiger partial charge in [0, 0.05) is 35.7 Å². The molecule has 0 saturated heterocycles. The van der Waals surface area contributed by atoms with Gasteiger partial charge < -0.3 is 10.0 Å². The summed E-state index contributed by atoms with van der Waals surface area (Å²) < 4.78 is 0.940. The molecular formula is C16H17BrClNO. The van der Waals surface area contributed by atoms with Crippen molar-refractivity contribution in [3.63, 3.8) is 0 Å². The monoisotopic (exact) mass is 353 g/mol. The topological polar surface area (TPSA) is 23.5 Å². The van der Waals surface area contributed by atoms with Gasteiger partial charge in [-0.05, 0) is 35.4 Å². The second-order valence-electron chi connectivity index (χ2n) is 4.95. The van der Waals surface area contributed by atoms with E-state index in [1.807, 2.05) is 61.5 Å². The summed E-state index contributed by atoms with van der Waals surface area (Å²) in [6.45, 7) is 0. The molecule has 0 radical (unpaired) electrons. The molecule has 106 valence electrons. The van der Waals surface area contributed by atoms with Gasteiger partial charge in [-0.25, -0.2) is 0 Å². The zero-order valence-electron chi connectivity index (χ0n) is 11.5. The summed E-state index contributed by atoms with van der Waals surface area (Å²) in [5.74, 6) is 0. The molecule has 4 heteroatoms. The van der Waals surface area contributed by atoms with Gasteiger partial charge in [0.1, 0.15) is 0 Å². The Kier molecular flexibility index (Phi) is 5.08. The Labute approximate surface area is 133 Å². The maximum Gasteiger partial charge on any atom is 0.0831 e. The summed E-state index contributed by atoms with van der Waals surface area (Å²) in [5, 5.41) is 11.1. The van der Waals surface area contributed by atoms with Crippen molar-refractivity contribution in [3.8, 4) is 0 Å². The predicted molar refractivity (Wildman–Crippen MR) is 88.6 cm³/mol. The molecule has 0 fully saturated rings. The third kappa shape index (κ3) is 3.75. The highest BCUT2D eigenvalue weighted by Crippen LogP contribution is 2.27. The van der Waals surface area contributed by atoms with Gasteiger partial charge in [-0.1, -0.05) is 45.7 Å². The standard InChI is InChI=1S/C16H17BrClNO/c1-19(2)14-5-3-4-12(8-14)16(20)9-11-6-7-13(17)10-15(11)18/h3-8,10,16,20H,9H2,1-2H3. The molecule has 1 atom stereocenters. The molecule has 2 rings (SSSR count). The molecule has 0 heterocycles. The molecular weight excluding hydrogens is 338 g/mol. The second-order valence-corrected chi connectivity index (χ2v) is 6.27. The van der Waals surface area contributed by atoms with Gasteiger partial charge in [-0.3, -0.25) is 0 Å². The molecule has 2 aromatic rings. The fourth-order valence-corrected chi connectivity index (χ4v) is 2.77. The molecule has 0 aromatic heterocycles. The number of benzene rings is 2. The normalized spacial score (nSPS) is 12.2. The third-order valence-corrected chi connectivity index (χ3v) is 4.04. The van der Waals surface area contributed by atoms with Crippen molar-refractivity contribution in [1.29, 1.82) is 0 Å². The largest absolute Gasteiger partial charge is 0.388 e. The van der Waals surface area contributed by atoms with Crippen LogP contribution < -0.4 is 4.90 Å². The van der Waals surface area contributed by atoms with Crippen molar-refractivity contribution in [1.82, 2.24) is 0 Å². The van der Waals surface area contributed by atoms with E-state index in [9.17, 15) is 5.11 Å². The summed E-state index contributed by atoms with van der Waals surface area (Å²) in [6, 6.07) is 13.6. The number of halogens is 2. The second kappa shape index (κ2) is 6.61. The van der Waals surface area contributed by atoms with Crippen molar-refractivity contribution < 1.29 is 5.11 Å². The lowest BCUT2D eigenvalue weighted by Gasteiger charge is -2.17. The fraction of sp³-hybridized carbons (Fsp3) is 0.250. The van der Waals surface area contributed by atoms with Crippen molar-refractivity contribution in [3.05, 3.63) is 63.1 Å². The molecule has 1 N–H and O–H groups in total. The lowest BCUT2D eigenvalue weighted by Crippen LogP contribution is -2.10. The summed E-state index contributed by atoms with van der Waals surface area (Å²) >= 11 is 9.57. The van der Waals surface area contributed by atoms with Crippen LogP contribution in [0, 0.1) is 0 Å². The molecule has 2 aromatic carbocycles. The van der Waals surface area contributed by atoms with Gasteiger partial charge in [-0.15, -0.1) is 0 Å². The van der Waals surface area contributed by atoms with E-state index in [2.05, 4.69) is 15.9 Å². The highest BCUT2D eigenvalue weighted by molar-refractivity contribution is 9.10. The number of anilines is 1. The molecule has 0 saturated carbocycles. The first-order chi connectivity index (χ1) is 9.47. The lowest BCUT2D eigenvalue weighted by molar-refractivity contribution is 0.178. The van der Waals surface area contributed by atoms with E-state index in [0.717, 1.165) is 21.3 Å². The van der Waals surface area contributed by atoms with Crippen LogP contribution in [-0.2, 0) is 6.42 Å². The predicted octanol–water partition coefficient (Wildman–Crippen LogP) is 4.44. The zero-order chi connectivity index (χ0) is 14.7. The summed E-state index contributed by atoms with van der Waals surface area (Å²) in [5.41, 5.74) is 2.91. The minimum atomic E-state index is -0.562. The van der Waals surface area contributed by atoms with Crippen LogP contribution in [0.2, 0.25) is 5.02 Å². The van der Waals surface area contributed by atoms with Crippen LogP contribution in [0.1, 0.15) is 17.2 Å². The Morgan fingerprint density at radius 2 is 1.95 bits per heavy atom. The van der Waals surface area contributed by atoms with Gasteiger partial charge in [0.15, 0.2) is 0 Å². The van der Waals surface area contributed by atoms with Gasteiger partial charge in [0.25, 0.3) is 0 Å². The zero-order valence-corrected chi connectivity index (χ0v) is 13.8. The van der Waals surface area contributed by atoms with Crippen molar-refractivity contribution in [2.75, 3.05) is 19.0 Å². The van der Waals surface area contributed by atoms with Crippen LogP contribution in [0.15, 0.2) is 46.9 Å². The summed E-state index contributed by atoms with van der Waals surface area (Å²) in [7, 11) is 3.97. The van der Waals surface area contributed by atoms with Crippen molar-refractivity contribution in [2.45, 2.75) is 12.5 Å². The molecule has 0 amide bonds. The minimum Gasteiger partial charge on any atom is -0.388 e. The van der Waals surface area contributed by atoms with E-state index in [1.54, 1.807) is 0 Å². The first kappa shape index (κ1) is 15.4. The van der Waals surface area contributed by atoms with Crippen molar-refractivity contribution >= 4 is 33.2 Å². The summed E-state index contributed by atoms with van der Waals surface area (Å²) in [4.78, 5) is 2.02. The Morgan fingerprint density at radius 1 is 1.20 bits per heavy atom. The van der Waals surface area contributed by atoms with Crippen LogP contribution in [0.4, 0.5) is 5.69 Å². The maximum absolute atomic E-state index is 10.4. The highest BCUT2D eigenvalue weighted by Gasteiger charge is 2.12. The van der Waals surface area contributed by atoms with E-state index in [-0.39, 0.29) is 0 Å². The molecule has 0 aliphatic carbocycles. The Balaban J connectivity index is 2.19. The molecule has 2 nitrogen and oxygen atoms in total. The van der Waals surface area contributed by atoms with Crippen LogP contribution >= 0.6 is 27.5 Å². The molecule has 1 unspecified atom stereocenters. The minimum absolute atomic E-state index is 0.503. The van der Waals surface area contributed by atoms with Crippen LogP contribution in [0.25, 0.3) is 0 Å². The number of aliphatic hydroxyl groups is 1. The van der Waals surface area contributed by atoms with Crippen LogP contribution in [-0.4, -0.2) is 19.2 Å². The van der Waals surface area contributed by atoms with Gasteiger partial charge in [-0.2, -0.15) is 0 Å². The van der Waals surface area contributed by atoms with Gasteiger partial charge in [0.05, 0.1) is 6.10 Å². The van der Waals surface area contributed by atoms with E-state index in [0.29, 0.717) is 11.4 Å². The number of nitrogens with zero attached hydrogens (tertiary/aromatic N) is 1. The van der Waals surface area contributed by atoms with E-state index in [1.165, 1.54) is 0 Å². The average Bonchev–Trinajstić information content (AvgIpc) is 2.42. The third-order valence-electron chi connectivity index (χ3n) is 3.20. The lowest BCUT2D eigenvalue weighted by atomic mass is 10.0. The molecule has 0 aliphatic rings. The maximum atomic E-state index is 10.4. The first-order valence-corrected chi connectivity index (χ1v) is 7.54. The number of hydrogen-bond acceptors (Lipinski definition) is 2. The van der Waals surface area contributed by atoms with Gasteiger partial charge in [0.2, 0.25) is 0 Å². The van der Waals surface area contributed by atoms with Crippen molar-refractivity contribution in [2.24, 2.45) is 0 Å². The van der Waals surface area contributed by atoms with E-state index >= 15 is 0 Å². The van der Waals surface area contributed by atoms with Crippen LogP contribution in [0.5, 0.6) is 0 Å². The molecule has 0 aliphatic heterocycles. The number of hydrogen-bond donors (Lipinski definition) is 1. The molecule has 0 spiro atoms.